The lowest BCUT2D eigenvalue weighted by molar-refractivity contribution is -0.412. The average molecular weight is 346 g/mol. The lowest BCUT2D eigenvalue weighted by Gasteiger charge is -2.48. The first kappa shape index (κ1) is 18.3. The van der Waals surface area contributed by atoms with Crippen molar-refractivity contribution in [2.24, 2.45) is 11.8 Å². The van der Waals surface area contributed by atoms with Crippen LogP contribution in [0.25, 0.3) is 0 Å². The maximum atomic E-state index is 15.4. The molecule has 2 fully saturated rings. The van der Waals surface area contributed by atoms with Gasteiger partial charge in [-0.25, -0.2) is 4.39 Å². The van der Waals surface area contributed by atoms with Gasteiger partial charge in [0.2, 0.25) is 0 Å². The molecular weight excluding hydrogens is 329 g/mol. The van der Waals surface area contributed by atoms with Crippen molar-refractivity contribution in [1.82, 2.24) is 0 Å². The molecular formula is C15H17F7O. The van der Waals surface area contributed by atoms with E-state index >= 15 is 4.39 Å². The second kappa shape index (κ2) is 5.22. The Morgan fingerprint density at radius 1 is 1.00 bits per heavy atom. The molecule has 8 heteroatoms. The zero-order valence-corrected chi connectivity index (χ0v) is 12.8. The molecule has 0 amide bonds. The standard InChI is InChI=1S/C15H17F7O/c1-4-9-8-6-11(10(9)5-2)12(16,7-8)13(23-3,14(17,18)19)15(20,21)22/h4-5,8,11H,6-7H2,1-3H3. The van der Waals surface area contributed by atoms with Gasteiger partial charge in [0.25, 0.3) is 5.60 Å². The summed E-state index contributed by atoms with van der Waals surface area (Å²) in [6, 6.07) is 0. The van der Waals surface area contributed by atoms with E-state index in [1.165, 1.54) is 13.0 Å². The second-order valence-electron chi connectivity index (χ2n) is 5.92. The third-order valence-corrected chi connectivity index (χ3v) is 5.08. The molecule has 3 unspecified atom stereocenters. The van der Waals surface area contributed by atoms with Crippen molar-refractivity contribution >= 4 is 0 Å². The summed E-state index contributed by atoms with van der Waals surface area (Å²) in [5.41, 5.74) is -7.58. The molecule has 0 saturated heterocycles. The minimum Gasteiger partial charge on any atom is -0.359 e. The maximum absolute atomic E-state index is 15.4. The van der Waals surface area contributed by atoms with Gasteiger partial charge in [0, 0.05) is 13.0 Å². The van der Waals surface area contributed by atoms with Gasteiger partial charge in [-0.3, -0.25) is 0 Å². The number of hydrogen-bond acceptors (Lipinski definition) is 1. The van der Waals surface area contributed by atoms with Crippen LogP contribution >= 0.6 is 0 Å². The fraction of sp³-hybridized carbons (Fsp3) is 0.733. The van der Waals surface area contributed by atoms with E-state index < -0.39 is 41.9 Å². The molecule has 0 aromatic heterocycles. The Morgan fingerprint density at radius 2 is 1.48 bits per heavy atom. The molecule has 0 radical (unpaired) electrons. The van der Waals surface area contributed by atoms with Gasteiger partial charge in [-0.1, -0.05) is 12.2 Å². The van der Waals surface area contributed by atoms with Crippen molar-refractivity contribution in [3.05, 3.63) is 23.3 Å². The molecule has 0 spiro atoms. The van der Waals surface area contributed by atoms with Gasteiger partial charge in [0.1, 0.15) is 0 Å². The van der Waals surface area contributed by atoms with Crippen LogP contribution in [0.15, 0.2) is 23.3 Å². The predicted molar refractivity (Wildman–Crippen MR) is 69.4 cm³/mol. The molecule has 2 aliphatic carbocycles. The van der Waals surface area contributed by atoms with Gasteiger partial charge in [-0.2, -0.15) is 26.3 Å². The van der Waals surface area contributed by atoms with Crippen LogP contribution < -0.4 is 0 Å². The summed E-state index contributed by atoms with van der Waals surface area (Å²) in [4.78, 5) is 0. The van der Waals surface area contributed by atoms with Crippen molar-refractivity contribution in [3.63, 3.8) is 0 Å². The molecule has 2 saturated carbocycles. The molecule has 0 aromatic carbocycles. The largest absolute Gasteiger partial charge is 0.429 e. The van der Waals surface area contributed by atoms with Crippen molar-refractivity contribution < 1.29 is 35.5 Å². The summed E-state index contributed by atoms with van der Waals surface area (Å²) in [5, 5.41) is 0. The summed E-state index contributed by atoms with van der Waals surface area (Å²) >= 11 is 0. The Morgan fingerprint density at radius 3 is 1.83 bits per heavy atom. The van der Waals surface area contributed by atoms with E-state index in [1.54, 1.807) is 13.0 Å². The molecule has 23 heavy (non-hydrogen) atoms. The van der Waals surface area contributed by atoms with Crippen LogP contribution in [0.4, 0.5) is 30.7 Å². The van der Waals surface area contributed by atoms with E-state index in [4.69, 9.17) is 0 Å². The second-order valence-corrected chi connectivity index (χ2v) is 5.92. The summed E-state index contributed by atoms with van der Waals surface area (Å²) in [6.45, 7) is 3.12. The quantitative estimate of drug-likeness (QED) is 0.630. The number of methoxy groups -OCH3 is 1. The van der Waals surface area contributed by atoms with Crippen molar-refractivity contribution in [1.29, 1.82) is 0 Å². The highest BCUT2D eigenvalue weighted by Gasteiger charge is 2.85. The molecule has 1 nitrogen and oxygen atoms in total. The molecule has 0 N–H and O–H groups in total. The number of ether oxygens (including phenoxy) is 1. The number of fused-ring (bicyclic) bond motifs is 2. The lowest BCUT2D eigenvalue weighted by Crippen LogP contribution is -2.71. The topological polar surface area (TPSA) is 9.23 Å². The first-order valence-corrected chi connectivity index (χ1v) is 7.11. The number of halogens is 7. The van der Waals surface area contributed by atoms with Crippen molar-refractivity contribution in [2.45, 2.75) is 50.3 Å². The molecule has 132 valence electrons. The van der Waals surface area contributed by atoms with Crippen LogP contribution in [0, 0.1) is 11.8 Å². The van der Waals surface area contributed by atoms with E-state index in [1.807, 2.05) is 0 Å². The first-order chi connectivity index (χ1) is 10.4. The third kappa shape index (κ3) is 2.09. The van der Waals surface area contributed by atoms with Crippen molar-refractivity contribution in [3.8, 4) is 0 Å². The fourth-order valence-electron chi connectivity index (χ4n) is 4.30. The van der Waals surface area contributed by atoms with Crippen molar-refractivity contribution in [2.75, 3.05) is 7.11 Å². The van der Waals surface area contributed by atoms with Crippen LogP contribution in [0.2, 0.25) is 0 Å². The van der Waals surface area contributed by atoms with Gasteiger partial charge in [-0.05, 0) is 43.8 Å². The molecule has 3 atom stereocenters. The Kier molecular flexibility index (Phi) is 4.15. The van der Waals surface area contributed by atoms with E-state index in [-0.39, 0.29) is 19.1 Å². The van der Waals surface area contributed by atoms with Crippen LogP contribution in [0.3, 0.4) is 0 Å². The number of allylic oxidation sites excluding steroid dienone is 4. The zero-order valence-electron chi connectivity index (χ0n) is 12.8. The monoisotopic (exact) mass is 346 g/mol. The van der Waals surface area contributed by atoms with Crippen LogP contribution in [-0.4, -0.2) is 30.7 Å². The van der Waals surface area contributed by atoms with Gasteiger partial charge in [-0.15, -0.1) is 0 Å². The smallest absolute Gasteiger partial charge is 0.359 e. The Bertz CT molecular complexity index is 529. The third-order valence-electron chi connectivity index (χ3n) is 5.08. The first-order valence-electron chi connectivity index (χ1n) is 7.11. The minimum atomic E-state index is -5.92. The van der Waals surface area contributed by atoms with Gasteiger partial charge in [0.05, 0.1) is 0 Å². The number of rotatable bonds is 2. The molecule has 0 aromatic rings. The van der Waals surface area contributed by atoms with E-state index in [2.05, 4.69) is 4.74 Å². The average Bonchev–Trinajstić information content (AvgIpc) is 2.89. The summed E-state index contributed by atoms with van der Waals surface area (Å²) < 4.78 is 99.6. The SMILES string of the molecule is CC=C1C(=CC)C2CC1CC2(F)C(OC)(C(F)(F)F)C(F)(F)F. The fourth-order valence-corrected chi connectivity index (χ4v) is 4.30. The molecule has 0 aliphatic heterocycles. The van der Waals surface area contributed by atoms with Crippen LogP contribution in [-0.2, 0) is 4.74 Å². The van der Waals surface area contributed by atoms with E-state index in [0.29, 0.717) is 5.57 Å². The normalized spacial score (nSPS) is 35.6. The highest BCUT2D eigenvalue weighted by Crippen LogP contribution is 2.67. The van der Waals surface area contributed by atoms with Gasteiger partial charge >= 0.3 is 12.4 Å². The van der Waals surface area contributed by atoms with Crippen LogP contribution in [0.1, 0.15) is 26.7 Å². The molecule has 2 bridgehead atoms. The predicted octanol–water partition coefficient (Wildman–Crippen LogP) is 5.14. The summed E-state index contributed by atoms with van der Waals surface area (Å²) in [7, 11) is 0.264. The number of alkyl halides is 7. The van der Waals surface area contributed by atoms with Gasteiger partial charge < -0.3 is 4.74 Å². The molecule has 2 rings (SSSR count). The van der Waals surface area contributed by atoms with Gasteiger partial charge in [0.15, 0.2) is 5.67 Å². The number of hydrogen-bond donors (Lipinski definition) is 0. The van der Waals surface area contributed by atoms with E-state index in [9.17, 15) is 26.3 Å². The highest BCUT2D eigenvalue weighted by molar-refractivity contribution is 5.47. The zero-order chi connectivity index (χ0) is 17.8. The molecule has 2 aliphatic rings. The Balaban J connectivity index is 2.67. The summed E-state index contributed by atoms with van der Waals surface area (Å²) in [6.07, 6.45) is -9.77. The van der Waals surface area contributed by atoms with E-state index in [0.717, 1.165) is 0 Å². The lowest BCUT2D eigenvalue weighted by atomic mass is 9.69. The Hall–Kier alpha value is -1.05. The summed E-state index contributed by atoms with van der Waals surface area (Å²) in [5.74, 6) is -2.16. The van der Waals surface area contributed by atoms with Crippen LogP contribution in [0.5, 0.6) is 0 Å². The highest BCUT2D eigenvalue weighted by atomic mass is 19.4. The maximum Gasteiger partial charge on any atom is 0.429 e. The Labute approximate surface area is 129 Å². The molecule has 0 heterocycles. The minimum absolute atomic E-state index is 0.0763.